The molecule has 0 radical (unpaired) electrons. The largest absolute Gasteiger partial charge is 0.497 e. The van der Waals surface area contributed by atoms with Gasteiger partial charge in [0.15, 0.2) is 5.78 Å². The number of rotatable bonds is 7. The number of carbonyl (C=O) groups excluding carboxylic acids is 1. The first-order chi connectivity index (χ1) is 15.0. The van der Waals surface area contributed by atoms with Crippen molar-refractivity contribution in [1.82, 2.24) is 14.1 Å². The number of methoxy groups -OCH3 is 1. The van der Waals surface area contributed by atoms with Crippen molar-refractivity contribution >= 4 is 16.7 Å². The Balaban J connectivity index is 1.53. The molecule has 4 aromatic rings. The Morgan fingerprint density at radius 3 is 2.55 bits per heavy atom. The topological polar surface area (TPSA) is 66.1 Å². The number of para-hydroxylation sites is 1. The molecule has 0 saturated carbocycles. The third-order valence-electron chi connectivity index (χ3n) is 5.70. The van der Waals surface area contributed by atoms with Gasteiger partial charge < -0.3 is 9.30 Å². The van der Waals surface area contributed by atoms with Crippen LogP contribution in [0.3, 0.4) is 0 Å². The number of aromatic nitrogens is 3. The maximum absolute atomic E-state index is 13.0. The number of aryl methyl sites for hydroxylation is 2. The van der Waals surface area contributed by atoms with Gasteiger partial charge in [0.2, 0.25) is 0 Å². The molecule has 0 aliphatic rings. The molecule has 0 saturated heterocycles. The van der Waals surface area contributed by atoms with E-state index in [4.69, 9.17) is 4.74 Å². The number of Topliss-reactive ketones (excluding diaryl/α,β-unsaturated/α-hetero) is 1. The van der Waals surface area contributed by atoms with E-state index in [1.54, 1.807) is 25.3 Å². The number of fused-ring (bicyclic) bond motifs is 1. The first kappa shape index (κ1) is 20.6. The fourth-order valence-corrected chi connectivity index (χ4v) is 3.92. The highest BCUT2D eigenvalue weighted by Gasteiger charge is 2.17. The van der Waals surface area contributed by atoms with Gasteiger partial charge in [-0.2, -0.15) is 0 Å². The predicted octanol–water partition coefficient (Wildman–Crippen LogP) is 3.95. The van der Waals surface area contributed by atoms with Gasteiger partial charge in [-0.15, -0.1) is 0 Å². The van der Waals surface area contributed by atoms with Crippen LogP contribution in [-0.2, 0) is 19.5 Å². The maximum atomic E-state index is 13.0. The van der Waals surface area contributed by atoms with Gasteiger partial charge in [0.25, 0.3) is 5.56 Å². The van der Waals surface area contributed by atoms with Gasteiger partial charge in [0.05, 0.1) is 30.9 Å². The van der Waals surface area contributed by atoms with Crippen molar-refractivity contribution in [1.29, 1.82) is 0 Å². The molecule has 0 unspecified atom stereocenters. The zero-order chi connectivity index (χ0) is 22.0. The molecule has 0 aliphatic heterocycles. The van der Waals surface area contributed by atoms with Crippen LogP contribution in [0.2, 0.25) is 0 Å². The van der Waals surface area contributed by atoms with Crippen molar-refractivity contribution in [2.24, 2.45) is 0 Å². The first-order valence-electron chi connectivity index (χ1n) is 10.2. The first-order valence-corrected chi connectivity index (χ1v) is 10.2. The van der Waals surface area contributed by atoms with Gasteiger partial charge in [0.1, 0.15) is 5.75 Å². The molecule has 6 heteroatoms. The summed E-state index contributed by atoms with van der Waals surface area (Å²) in [5.74, 6) is 0.742. The fourth-order valence-electron chi connectivity index (χ4n) is 3.92. The van der Waals surface area contributed by atoms with E-state index < -0.39 is 0 Å². The summed E-state index contributed by atoms with van der Waals surface area (Å²) >= 11 is 0. The number of hydrogen-bond acceptors (Lipinski definition) is 4. The van der Waals surface area contributed by atoms with Crippen molar-refractivity contribution in [2.75, 3.05) is 7.11 Å². The summed E-state index contributed by atoms with van der Waals surface area (Å²) in [6.45, 7) is 4.70. The highest BCUT2D eigenvalue weighted by molar-refractivity contribution is 5.97. The summed E-state index contributed by atoms with van der Waals surface area (Å²) in [6, 6.07) is 17.1. The number of ketones is 1. The van der Waals surface area contributed by atoms with E-state index in [1.165, 1.54) is 16.5 Å². The SMILES string of the molecule is COc1ccc(CCn2c(C)cc(C(=O)Cn3cnc4ccccc4c3=O)c2C)cc1. The molecule has 0 N–H and O–H groups in total. The third-order valence-corrected chi connectivity index (χ3v) is 5.70. The van der Waals surface area contributed by atoms with Crippen LogP contribution in [-0.4, -0.2) is 27.0 Å². The van der Waals surface area contributed by atoms with Crippen molar-refractivity contribution in [3.63, 3.8) is 0 Å². The molecule has 4 rings (SSSR count). The molecule has 0 fully saturated rings. The van der Waals surface area contributed by atoms with Gasteiger partial charge in [-0.05, 0) is 56.2 Å². The molecule has 0 aliphatic carbocycles. The maximum Gasteiger partial charge on any atom is 0.261 e. The van der Waals surface area contributed by atoms with Crippen molar-refractivity contribution < 1.29 is 9.53 Å². The van der Waals surface area contributed by atoms with E-state index in [0.717, 1.165) is 30.1 Å². The second kappa shape index (κ2) is 8.60. The second-order valence-corrected chi connectivity index (χ2v) is 7.65. The molecule has 0 atom stereocenters. The van der Waals surface area contributed by atoms with Gasteiger partial charge >= 0.3 is 0 Å². The fraction of sp³-hybridized carbons (Fsp3) is 0.240. The van der Waals surface area contributed by atoms with Crippen LogP contribution >= 0.6 is 0 Å². The second-order valence-electron chi connectivity index (χ2n) is 7.65. The smallest absolute Gasteiger partial charge is 0.261 e. The molecule has 0 amide bonds. The van der Waals surface area contributed by atoms with Gasteiger partial charge in [-0.25, -0.2) is 4.98 Å². The van der Waals surface area contributed by atoms with Gasteiger partial charge in [-0.1, -0.05) is 24.3 Å². The van der Waals surface area contributed by atoms with Crippen LogP contribution in [0.25, 0.3) is 10.9 Å². The van der Waals surface area contributed by atoms with Gasteiger partial charge in [-0.3, -0.25) is 14.2 Å². The average molecular weight is 415 g/mol. The molecule has 2 aromatic heterocycles. The molecule has 158 valence electrons. The highest BCUT2D eigenvalue weighted by Crippen LogP contribution is 2.18. The summed E-state index contributed by atoms with van der Waals surface area (Å²) in [4.78, 5) is 30.0. The van der Waals surface area contributed by atoms with E-state index in [1.807, 2.05) is 38.1 Å². The summed E-state index contributed by atoms with van der Waals surface area (Å²) in [7, 11) is 1.65. The molecule has 2 aromatic carbocycles. The molecular formula is C25H25N3O3. The van der Waals surface area contributed by atoms with Crippen LogP contribution in [0.1, 0.15) is 27.3 Å². The van der Waals surface area contributed by atoms with E-state index in [2.05, 4.69) is 21.7 Å². The highest BCUT2D eigenvalue weighted by atomic mass is 16.5. The number of nitrogens with zero attached hydrogens (tertiary/aromatic N) is 3. The van der Waals surface area contributed by atoms with E-state index >= 15 is 0 Å². The van der Waals surface area contributed by atoms with Crippen LogP contribution in [0.15, 0.2) is 65.7 Å². The standard InChI is InChI=1S/C25H25N3O3/c1-17-14-22(18(2)28(17)13-12-19-8-10-20(31-3)11-9-19)24(29)15-27-16-26-23-7-5-4-6-21(23)25(27)30/h4-11,14,16H,12-13,15H2,1-3H3. The minimum atomic E-state index is -0.202. The summed E-state index contributed by atoms with van der Waals surface area (Å²) < 4.78 is 8.74. The Bertz CT molecular complexity index is 1300. The van der Waals surface area contributed by atoms with E-state index in [-0.39, 0.29) is 17.9 Å². The number of hydrogen-bond donors (Lipinski definition) is 0. The third kappa shape index (κ3) is 4.14. The number of ether oxygens (including phenoxy) is 1. The van der Waals surface area contributed by atoms with Crippen LogP contribution in [0.5, 0.6) is 5.75 Å². The Labute approximate surface area is 180 Å². The molecule has 2 heterocycles. The zero-order valence-corrected chi connectivity index (χ0v) is 18.0. The van der Waals surface area contributed by atoms with E-state index in [9.17, 15) is 9.59 Å². The Morgan fingerprint density at radius 2 is 1.81 bits per heavy atom. The zero-order valence-electron chi connectivity index (χ0n) is 18.0. The Kier molecular flexibility index (Phi) is 5.71. The lowest BCUT2D eigenvalue weighted by Gasteiger charge is -2.11. The lowest BCUT2D eigenvalue weighted by atomic mass is 10.1. The van der Waals surface area contributed by atoms with Crippen LogP contribution < -0.4 is 10.3 Å². The quantitative estimate of drug-likeness (QED) is 0.429. The summed E-state index contributed by atoms with van der Waals surface area (Å²) in [5.41, 5.74) is 4.22. The Hall–Kier alpha value is -3.67. The van der Waals surface area contributed by atoms with Crippen LogP contribution in [0.4, 0.5) is 0 Å². The summed E-state index contributed by atoms with van der Waals surface area (Å²) in [6.07, 6.45) is 2.30. The lowest BCUT2D eigenvalue weighted by Crippen LogP contribution is -2.25. The molecule has 31 heavy (non-hydrogen) atoms. The monoisotopic (exact) mass is 415 g/mol. The van der Waals surface area contributed by atoms with Crippen LogP contribution in [0, 0.1) is 13.8 Å². The minimum Gasteiger partial charge on any atom is -0.497 e. The Morgan fingerprint density at radius 1 is 1.06 bits per heavy atom. The van der Waals surface area contributed by atoms with Crippen molar-refractivity contribution in [3.8, 4) is 5.75 Å². The molecule has 0 bridgehead atoms. The van der Waals surface area contributed by atoms with E-state index in [0.29, 0.717) is 16.5 Å². The molecule has 0 spiro atoms. The number of benzene rings is 2. The van der Waals surface area contributed by atoms with Crippen molar-refractivity contribution in [2.45, 2.75) is 33.4 Å². The summed E-state index contributed by atoms with van der Waals surface area (Å²) in [5, 5.41) is 0.516. The average Bonchev–Trinajstić information content (AvgIpc) is 3.08. The molecular weight excluding hydrogens is 390 g/mol. The van der Waals surface area contributed by atoms with Gasteiger partial charge in [0, 0.05) is 23.5 Å². The normalized spacial score (nSPS) is 11.1. The minimum absolute atomic E-state index is 0.0283. The van der Waals surface area contributed by atoms with Crippen molar-refractivity contribution in [3.05, 3.63) is 93.8 Å². The molecule has 6 nitrogen and oxygen atoms in total. The predicted molar refractivity (Wildman–Crippen MR) is 121 cm³/mol. The number of carbonyl (C=O) groups is 1. The lowest BCUT2D eigenvalue weighted by molar-refractivity contribution is 0.0970.